The molecule has 2 unspecified atom stereocenters. The molecule has 0 amide bonds. The Balaban J connectivity index is 2.45. The standard InChI is InChI=1S/C16H32O2S/c1-4-9-16(13-19,10-5-2)12-18-15-8-6-7-14(11-15)17-3/h14-15,19H,4-13H2,1-3H3. The fourth-order valence-corrected chi connectivity index (χ4v) is 3.70. The van der Waals surface area contributed by atoms with E-state index >= 15 is 0 Å². The van der Waals surface area contributed by atoms with Crippen LogP contribution in [0.3, 0.4) is 0 Å². The first kappa shape index (κ1) is 17.3. The molecule has 1 aliphatic rings. The van der Waals surface area contributed by atoms with E-state index in [2.05, 4.69) is 26.5 Å². The minimum absolute atomic E-state index is 0.284. The number of thiol groups is 1. The molecule has 0 heterocycles. The number of rotatable bonds is 9. The third-order valence-electron chi connectivity index (χ3n) is 4.43. The van der Waals surface area contributed by atoms with E-state index in [1.54, 1.807) is 0 Å². The van der Waals surface area contributed by atoms with E-state index in [9.17, 15) is 0 Å². The first-order valence-corrected chi connectivity index (χ1v) is 8.58. The summed E-state index contributed by atoms with van der Waals surface area (Å²) in [6.45, 7) is 5.39. The Morgan fingerprint density at radius 3 is 2.26 bits per heavy atom. The minimum atomic E-state index is 0.284. The van der Waals surface area contributed by atoms with Crippen LogP contribution >= 0.6 is 12.6 Å². The molecule has 0 radical (unpaired) electrons. The van der Waals surface area contributed by atoms with Crippen molar-refractivity contribution in [3.05, 3.63) is 0 Å². The van der Waals surface area contributed by atoms with Gasteiger partial charge in [0.1, 0.15) is 0 Å². The van der Waals surface area contributed by atoms with Gasteiger partial charge in [-0.15, -0.1) is 0 Å². The molecule has 0 spiro atoms. The summed E-state index contributed by atoms with van der Waals surface area (Å²) in [5.74, 6) is 0.940. The molecule has 0 bridgehead atoms. The summed E-state index contributed by atoms with van der Waals surface area (Å²) in [7, 11) is 1.82. The molecule has 1 aliphatic carbocycles. The van der Waals surface area contributed by atoms with Crippen molar-refractivity contribution in [3.8, 4) is 0 Å². The molecule has 3 heteroatoms. The zero-order valence-electron chi connectivity index (χ0n) is 13.0. The lowest BCUT2D eigenvalue weighted by Crippen LogP contribution is -2.34. The fourth-order valence-electron chi connectivity index (χ4n) is 3.30. The summed E-state index contributed by atoms with van der Waals surface area (Å²) in [4.78, 5) is 0. The quantitative estimate of drug-likeness (QED) is 0.631. The van der Waals surface area contributed by atoms with Gasteiger partial charge >= 0.3 is 0 Å². The Bertz CT molecular complexity index is 227. The smallest absolute Gasteiger partial charge is 0.0600 e. The van der Waals surface area contributed by atoms with Crippen LogP contribution in [0.4, 0.5) is 0 Å². The van der Waals surface area contributed by atoms with E-state index in [1.807, 2.05) is 7.11 Å². The predicted octanol–water partition coefficient (Wildman–Crippen LogP) is 4.48. The summed E-state index contributed by atoms with van der Waals surface area (Å²) in [5, 5.41) is 0. The van der Waals surface area contributed by atoms with Crippen LogP contribution in [0.1, 0.15) is 65.2 Å². The number of hydrogen-bond acceptors (Lipinski definition) is 3. The van der Waals surface area contributed by atoms with Crippen LogP contribution in [0.5, 0.6) is 0 Å². The first-order chi connectivity index (χ1) is 9.19. The van der Waals surface area contributed by atoms with Crippen molar-refractivity contribution in [1.29, 1.82) is 0 Å². The highest BCUT2D eigenvalue weighted by Crippen LogP contribution is 2.33. The van der Waals surface area contributed by atoms with Crippen LogP contribution in [0.15, 0.2) is 0 Å². The zero-order chi connectivity index (χ0) is 14.1. The van der Waals surface area contributed by atoms with Crippen LogP contribution in [-0.4, -0.2) is 31.7 Å². The van der Waals surface area contributed by atoms with Gasteiger partial charge in [0.2, 0.25) is 0 Å². The van der Waals surface area contributed by atoms with Gasteiger partial charge < -0.3 is 9.47 Å². The summed E-state index contributed by atoms with van der Waals surface area (Å²) >= 11 is 4.60. The molecule has 0 aromatic rings. The van der Waals surface area contributed by atoms with Gasteiger partial charge in [0.15, 0.2) is 0 Å². The third kappa shape index (κ3) is 5.65. The Labute approximate surface area is 125 Å². The average molecular weight is 288 g/mol. The van der Waals surface area contributed by atoms with E-state index in [1.165, 1.54) is 44.9 Å². The monoisotopic (exact) mass is 288 g/mol. The largest absolute Gasteiger partial charge is 0.381 e. The maximum Gasteiger partial charge on any atom is 0.0600 e. The van der Waals surface area contributed by atoms with E-state index in [0.29, 0.717) is 12.2 Å². The maximum atomic E-state index is 6.25. The molecule has 0 saturated heterocycles. The van der Waals surface area contributed by atoms with Crippen molar-refractivity contribution >= 4 is 12.6 Å². The number of methoxy groups -OCH3 is 1. The van der Waals surface area contributed by atoms with Gasteiger partial charge in [-0.05, 0) is 44.3 Å². The maximum absolute atomic E-state index is 6.25. The predicted molar refractivity (Wildman–Crippen MR) is 85.1 cm³/mol. The van der Waals surface area contributed by atoms with Crippen molar-refractivity contribution < 1.29 is 9.47 Å². The molecule has 1 fully saturated rings. The number of hydrogen-bond donors (Lipinski definition) is 1. The third-order valence-corrected chi connectivity index (χ3v) is 5.10. The van der Waals surface area contributed by atoms with Crippen LogP contribution < -0.4 is 0 Å². The van der Waals surface area contributed by atoms with Gasteiger partial charge in [-0.25, -0.2) is 0 Å². The van der Waals surface area contributed by atoms with E-state index < -0.39 is 0 Å². The number of ether oxygens (including phenoxy) is 2. The van der Waals surface area contributed by atoms with Crippen LogP contribution in [0.25, 0.3) is 0 Å². The SMILES string of the molecule is CCCC(CS)(CCC)COC1CCCC(OC)C1. The van der Waals surface area contributed by atoms with Crippen molar-refractivity contribution in [2.24, 2.45) is 5.41 Å². The van der Waals surface area contributed by atoms with Gasteiger partial charge in [0, 0.05) is 12.5 Å². The highest BCUT2D eigenvalue weighted by Gasteiger charge is 2.30. The molecule has 19 heavy (non-hydrogen) atoms. The second kappa shape index (κ2) is 9.25. The molecule has 0 aromatic heterocycles. The van der Waals surface area contributed by atoms with Crippen molar-refractivity contribution in [2.45, 2.75) is 77.4 Å². The van der Waals surface area contributed by atoms with Crippen LogP contribution in [-0.2, 0) is 9.47 Å². The lowest BCUT2D eigenvalue weighted by Gasteiger charge is -2.35. The van der Waals surface area contributed by atoms with Gasteiger partial charge in [-0.2, -0.15) is 12.6 Å². The molecule has 2 nitrogen and oxygen atoms in total. The Hall–Kier alpha value is 0.270. The van der Waals surface area contributed by atoms with E-state index in [0.717, 1.165) is 18.8 Å². The Morgan fingerprint density at radius 1 is 1.11 bits per heavy atom. The van der Waals surface area contributed by atoms with Gasteiger partial charge in [-0.3, -0.25) is 0 Å². The normalized spacial score (nSPS) is 24.6. The summed E-state index contributed by atoms with van der Waals surface area (Å²) in [6.07, 6.45) is 10.4. The molecular formula is C16H32O2S. The molecule has 0 aromatic carbocycles. The molecule has 1 saturated carbocycles. The summed E-state index contributed by atoms with van der Waals surface area (Å²) in [6, 6.07) is 0. The Kier molecular flexibility index (Phi) is 8.43. The van der Waals surface area contributed by atoms with Crippen LogP contribution in [0.2, 0.25) is 0 Å². The van der Waals surface area contributed by atoms with Crippen molar-refractivity contribution in [2.75, 3.05) is 19.5 Å². The fraction of sp³-hybridized carbons (Fsp3) is 1.00. The first-order valence-electron chi connectivity index (χ1n) is 7.95. The molecule has 1 rings (SSSR count). The molecule has 0 aliphatic heterocycles. The second-order valence-electron chi connectivity index (χ2n) is 6.12. The lowest BCUT2D eigenvalue weighted by molar-refractivity contribution is -0.0582. The van der Waals surface area contributed by atoms with E-state index in [4.69, 9.17) is 9.47 Å². The molecule has 114 valence electrons. The molecule has 0 N–H and O–H groups in total. The molecule has 2 atom stereocenters. The van der Waals surface area contributed by atoms with Gasteiger partial charge in [0.25, 0.3) is 0 Å². The molecular weight excluding hydrogens is 256 g/mol. The summed E-state index contributed by atoms with van der Waals surface area (Å²) < 4.78 is 11.7. The lowest BCUT2D eigenvalue weighted by atomic mass is 9.81. The van der Waals surface area contributed by atoms with Crippen molar-refractivity contribution in [1.82, 2.24) is 0 Å². The van der Waals surface area contributed by atoms with Crippen LogP contribution in [0, 0.1) is 5.41 Å². The summed E-state index contributed by atoms with van der Waals surface area (Å²) in [5.41, 5.74) is 0.284. The van der Waals surface area contributed by atoms with Crippen molar-refractivity contribution in [3.63, 3.8) is 0 Å². The minimum Gasteiger partial charge on any atom is -0.381 e. The van der Waals surface area contributed by atoms with Gasteiger partial charge in [0.05, 0.1) is 18.8 Å². The highest BCUT2D eigenvalue weighted by atomic mass is 32.1. The van der Waals surface area contributed by atoms with Gasteiger partial charge in [-0.1, -0.05) is 26.7 Å². The second-order valence-corrected chi connectivity index (χ2v) is 6.43. The zero-order valence-corrected chi connectivity index (χ0v) is 13.9. The highest BCUT2D eigenvalue weighted by molar-refractivity contribution is 7.80. The van der Waals surface area contributed by atoms with E-state index in [-0.39, 0.29) is 5.41 Å². The Morgan fingerprint density at radius 2 is 1.74 bits per heavy atom. The average Bonchev–Trinajstić information content (AvgIpc) is 2.45. The topological polar surface area (TPSA) is 18.5 Å².